The lowest BCUT2D eigenvalue weighted by molar-refractivity contribution is 0.0695. The van der Waals surface area contributed by atoms with E-state index in [9.17, 15) is 33.0 Å². The number of pyridine rings is 2. The second kappa shape index (κ2) is 9.60. The molecule has 0 bridgehead atoms. The molecule has 1 aliphatic rings. The minimum atomic E-state index is -1.65. The molecule has 180 valence electrons. The molecule has 4 rings (SSSR count). The number of benzene rings is 1. The van der Waals surface area contributed by atoms with Crippen molar-refractivity contribution in [3.05, 3.63) is 56.6 Å². The Labute approximate surface area is 187 Å². The highest BCUT2D eigenvalue weighted by Gasteiger charge is 2.31. The molecule has 0 saturated carbocycles. The first kappa shape index (κ1) is 27.6. The number of hydrogen-bond donors (Lipinski definition) is 3. The molecule has 3 heterocycles. The standard InChI is InChI=1S/C18H12ClF3N4O4.3H2O/c19-12-13-7(1-9(20)14(12)25-3-6(27)4-25)15(28)8(18(29)30)5-26(13)17-11(22)2-10(21)16(23)24-17;;;/h1-2,5-6,27H,3-4H2,(H2,23,24)(H,29,30);3*1H2. The fraction of sp³-hybridized carbons (Fsp3) is 0.167. The smallest absolute Gasteiger partial charge is 0.341 e. The van der Waals surface area contributed by atoms with Crippen LogP contribution in [0.3, 0.4) is 0 Å². The number of aromatic carboxylic acids is 1. The Morgan fingerprint density at radius 1 is 1.12 bits per heavy atom. The van der Waals surface area contributed by atoms with E-state index in [1.807, 2.05) is 0 Å². The van der Waals surface area contributed by atoms with Crippen molar-refractivity contribution in [1.29, 1.82) is 0 Å². The lowest BCUT2D eigenvalue weighted by Crippen LogP contribution is -2.51. The maximum Gasteiger partial charge on any atom is 0.341 e. The van der Waals surface area contributed by atoms with E-state index in [2.05, 4.69) is 4.98 Å². The van der Waals surface area contributed by atoms with Crippen molar-refractivity contribution in [2.75, 3.05) is 23.7 Å². The van der Waals surface area contributed by atoms with Gasteiger partial charge >= 0.3 is 5.97 Å². The number of aliphatic hydroxyl groups excluding tert-OH is 1. The third-order valence-electron chi connectivity index (χ3n) is 4.73. The summed E-state index contributed by atoms with van der Waals surface area (Å²) >= 11 is 6.36. The summed E-state index contributed by atoms with van der Waals surface area (Å²) in [5.41, 5.74) is 3.13. The van der Waals surface area contributed by atoms with Crippen LogP contribution in [-0.2, 0) is 0 Å². The van der Waals surface area contributed by atoms with Crippen molar-refractivity contribution in [3.8, 4) is 5.82 Å². The van der Waals surface area contributed by atoms with Crippen molar-refractivity contribution < 1.29 is 44.6 Å². The summed E-state index contributed by atoms with van der Waals surface area (Å²) in [6, 6.07) is 1.21. The van der Waals surface area contributed by atoms with E-state index in [1.165, 1.54) is 4.90 Å². The Bertz CT molecular complexity index is 1300. The highest BCUT2D eigenvalue weighted by atomic mass is 35.5. The number of rotatable bonds is 3. The molecule has 1 aromatic carbocycles. The number of anilines is 2. The maximum absolute atomic E-state index is 14.8. The van der Waals surface area contributed by atoms with Gasteiger partial charge in [0.05, 0.1) is 27.7 Å². The molecule has 0 unspecified atom stereocenters. The van der Waals surface area contributed by atoms with Gasteiger partial charge in [-0.1, -0.05) is 11.6 Å². The van der Waals surface area contributed by atoms with Crippen LogP contribution in [0.5, 0.6) is 0 Å². The van der Waals surface area contributed by atoms with Crippen LogP contribution >= 0.6 is 11.6 Å². The number of halogens is 4. The SMILES string of the molecule is Nc1nc(-n2cc(C(=O)O)c(=O)c3cc(F)c(N4CC(O)C4)c(Cl)c32)c(F)cc1F.O.O.O. The molecule has 33 heavy (non-hydrogen) atoms. The lowest BCUT2D eigenvalue weighted by atomic mass is 10.1. The van der Waals surface area contributed by atoms with Gasteiger partial charge in [-0.15, -0.1) is 0 Å². The Morgan fingerprint density at radius 3 is 2.27 bits per heavy atom. The molecular formula is C18H18ClF3N4O7. The number of carboxylic acids is 1. The van der Waals surface area contributed by atoms with E-state index in [0.29, 0.717) is 6.07 Å². The number of fused-ring (bicyclic) bond motifs is 1. The van der Waals surface area contributed by atoms with E-state index in [1.54, 1.807) is 0 Å². The molecular weight excluding hydrogens is 477 g/mol. The molecule has 10 N–H and O–H groups in total. The summed E-state index contributed by atoms with van der Waals surface area (Å²) in [4.78, 5) is 29.1. The molecule has 2 aromatic heterocycles. The lowest BCUT2D eigenvalue weighted by Gasteiger charge is -2.38. The van der Waals surface area contributed by atoms with Gasteiger partial charge in [0.25, 0.3) is 0 Å². The van der Waals surface area contributed by atoms with Crippen LogP contribution in [0, 0.1) is 17.5 Å². The number of carboxylic acid groups (broad SMARTS) is 1. The molecule has 3 aromatic rings. The van der Waals surface area contributed by atoms with Crippen molar-refractivity contribution in [2.45, 2.75) is 6.10 Å². The molecule has 15 heteroatoms. The molecule has 11 nitrogen and oxygen atoms in total. The van der Waals surface area contributed by atoms with Crippen LogP contribution in [0.15, 0.2) is 23.1 Å². The van der Waals surface area contributed by atoms with E-state index < -0.39 is 57.5 Å². The molecule has 0 amide bonds. The average molecular weight is 495 g/mol. The third kappa shape index (κ3) is 4.29. The van der Waals surface area contributed by atoms with E-state index in [0.717, 1.165) is 16.8 Å². The Balaban J connectivity index is 0.00000181. The van der Waals surface area contributed by atoms with Gasteiger partial charge in [-0.2, -0.15) is 0 Å². The summed E-state index contributed by atoms with van der Waals surface area (Å²) in [6.07, 6.45) is 0.0534. The van der Waals surface area contributed by atoms with Gasteiger partial charge in [0.1, 0.15) is 11.4 Å². The predicted molar refractivity (Wildman–Crippen MR) is 113 cm³/mol. The minimum Gasteiger partial charge on any atom is -0.477 e. The first-order valence-corrected chi connectivity index (χ1v) is 8.83. The number of nitrogens with two attached hydrogens (primary N) is 1. The molecule has 0 radical (unpaired) electrons. The number of aromatic nitrogens is 2. The minimum absolute atomic E-state index is 0. The van der Waals surface area contributed by atoms with Crippen LogP contribution in [-0.4, -0.2) is 61.4 Å². The zero-order chi connectivity index (χ0) is 21.9. The molecule has 0 aliphatic carbocycles. The largest absolute Gasteiger partial charge is 0.477 e. The third-order valence-corrected chi connectivity index (χ3v) is 5.09. The average Bonchev–Trinajstić information content (AvgIpc) is 2.64. The number of β-amino-alcohol motifs (C(OH)–C–C–N with tert-alkyl or cyclic N) is 1. The maximum atomic E-state index is 14.8. The second-order valence-electron chi connectivity index (χ2n) is 6.68. The zero-order valence-corrected chi connectivity index (χ0v) is 17.1. The normalized spacial score (nSPS) is 12.9. The van der Waals surface area contributed by atoms with Gasteiger partial charge < -0.3 is 37.3 Å². The molecule has 1 fully saturated rings. The molecule has 1 saturated heterocycles. The number of carbonyl (C=O) groups is 1. The predicted octanol–water partition coefficient (Wildman–Crippen LogP) is -0.556. The van der Waals surface area contributed by atoms with Gasteiger partial charge in [-0.25, -0.2) is 22.9 Å². The zero-order valence-electron chi connectivity index (χ0n) is 16.4. The monoisotopic (exact) mass is 494 g/mol. The number of hydrogen-bond acceptors (Lipinski definition) is 6. The molecule has 1 aliphatic heterocycles. The van der Waals surface area contributed by atoms with Crippen molar-refractivity contribution in [2.24, 2.45) is 0 Å². The molecule has 0 atom stereocenters. The second-order valence-corrected chi connectivity index (χ2v) is 7.06. The Kier molecular flexibility index (Phi) is 8.03. The van der Waals surface area contributed by atoms with Gasteiger partial charge in [0, 0.05) is 25.4 Å². The van der Waals surface area contributed by atoms with Gasteiger partial charge in [0.15, 0.2) is 23.3 Å². The van der Waals surface area contributed by atoms with E-state index in [-0.39, 0.29) is 45.7 Å². The Morgan fingerprint density at radius 2 is 1.73 bits per heavy atom. The van der Waals surface area contributed by atoms with Gasteiger partial charge in [0.2, 0.25) is 5.43 Å². The van der Waals surface area contributed by atoms with E-state index >= 15 is 0 Å². The summed E-state index contributed by atoms with van der Waals surface area (Å²) in [7, 11) is 0. The summed E-state index contributed by atoms with van der Waals surface area (Å²) in [5, 5.41) is 18.1. The topological polar surface area (TPSA) is 216 Å². The molecule has 0 spiro atoms. The van der Waals surface area contributed by atoms with Crippen molar-refractivity contribution in [3.63, 3.8) is 0 Å². The summed E-state index contributed by atoms with van der Waals surface area (Å²) in [6.45, 7) is 0.130. The van der Waals surface area contributed by atoms with Gasteiger partial charge in [-0.05, 0) is 6.07 Å². The highest BCUT2D eigenvalue weighted by Crippen LogP contribution is 2.38. The number of aliphatic hydroxyl groups is 1. The first-order valence-electron chi connectivity index (χ1n) is 8.45. The number of nitrogen functional groups attached to an aromatic ring is 1. The van der Waals surface area contributed by atoms with Gasteiger partial charge in [-0.3, -0.25) is 9.36 Å². The summed E-state index contributed by atoms with van der Waals surface area (Å²) < 4.78 is 43.6. The summed E-state index contributed by atoms with van der Waals surface area (Å²) in [5.74, 6) is -6.27. The van der Waals surface area contributed by atoms with Crippen LogP contribution in [0.4, 0.5) is 24.7 Å². The highest BCUT2D eigenvalue weighted by molar-refractivity contribution is 6.38. The van der Waals surface area contributed by atoms with Crippen molar-refractivity contribution in [1.82, 2.24) is 9.55 Å². The van der Waals surface area contributed by atoms with E-state index in [4.69, 9.17) is 17.3 Å². The van der Waals surface area contributed by atoms with Crippen LogP contribution in [0.25, 0.3) is 16.7 Å². The fourth-order valence-corrected chi connectivity index (χ4v) is 3.69. The Hall–Kier alpha value is -3.43. The van der Waals surface area contributed by atoms with Crippen LogP contribution in [0.1, 0.15) is 10.4 Å². The van der Waals surface area contributed by atoms with Crippen LogP contribution < -0.4 is 16.1 Å². The quantitative estimate of drug-likeness (QED) is 0.430. The van der Waals surface area contributed by atoms with Crippen molar-refractivity contribution >= 4 is 40.0 Å². The number of nitrogens with zero attached hydrogens (tertiary/aromatic N) is 3. The fourth-order valence-electron chi connectivity index (χ4n) is 3.29. The first-order chi connectivity index (χ1) is 14.1. The van der Waals surface area contributed by atoms with Crippen LogP contribution in [0.2, 0.25) is 5.02 Å².